The zero-order valence-corrected chi connectivity index (χ0v) is 28.5. The molecule has 0 spiro atoms. The molecule has 2 aromatic heterocycles. The van der Waals surface area contributed by atoms with Gasteiger partial charge in [-0.25, -0.2) is 9.97 Å². The first-order valence-corrected chi connectivity index (χ1v) is 15.1. The molecular weight excluding hydrogens is 788 g/mol. The van der Waals surface area contributed by atoms with Crippen LogP contribution in [0, 0.1) is 13.8 Å². The summed E-state index contributed by atoms with van der Waals surface area (Å²) in [5, 5.41) is 0. The van der Waals surface area contributed by atoms with Gasteiger partial charge < -0.3 is 14.4 Å². The van der Waals surface area contributed by atoms with E-state index in [9.17, 15) is 26.3 Å². The molecule has 236 valence electrons. The van der Waals surface area contributed by atoms with Gasteiger partial charge in [0.05, 0.1) is 25.3 Å². The lowest BCUT2D eigenvalue weighted by Crippen LogP contribution is -2.24. The molecule has 0 bridgehead atoms. The topological polar surface area (TPSA) is 47.5 Å². The Balaban J connectivity index is 0.000000340. The fourth-order valence-corrected chi connectivity index (χ4v) is 6.38. The van der Waals surface area contributed by atoms with Crippen molar-refractivity contribution in [1.82, 2.24) is 9.97 Å². The standard InChI is InChI=1S/C23H22BrF3N2O2.C7H4Br2F3N/c1-15-12-20(28-22(24)21(15)23(25,26)27)29(13-16-4-8-18(30-2)9-5-16)14-17-6-10-19(31-3)11-7-17;1-3-2-4(8)13-6(9)5(3)7(10,11)12/h4-12H,13-14H2,1-3H3;2H,1H3. The SMILES string of the molecule is COc1ccc(CN(Cc2ccc(OC)cc2)c2cc(C)c(C(F)(F)F)c(Br)n2)cc1.Cc1cc(Br)nc(Br)c1C(F)(F)F. The Bertz CT molecular complexity index is 1470. The fraction of sp³-hybridized carbons (Fsp3) is 0.267. The summed E-state index contributed by atoms with van der Waals surface area (Å²) in [6, 6.07) is 17.9. The van der Waals surface area contributed by atoms with Crippen molar-refractivity contribution in [3.05, 3.63) is 108 Å². The van der Waals surface area contributed by atoms with Crippen LogP contribution in [-0.2, 0) is 25.4 Å². The number of ether oxygens (including phenoxy) is 2. The second-order valence-corrected chi connectivity index (χ2v) is 11.8. The fourth-order valence-electron chi connectivity index (χ4n) is 4.18. The van der Waals surface area contributed by atoms with Gasteiger partial charge in [-0.15, -0.1) is 0 Å². The Hall–Kier alpha value is -2.84. The average Bonchev–Trinajstić information content (AvgIpc) is 2.91. The van der Waals surface area contributed by atoms with Crippen LogP contribution in [0.5, 0.6) is 11.5 Å². The number of alkyl halides is 6. The van der Waals surface area contributed by atoms with Crippen LogP contribution in [0.15, 0.2) is 74.5 Å². The zero-order chi connectivity index (χ0) is 32.8. The molecule has 2 heterocycles. The number of halogens is 9. The van der Waals surface area contributed by atoms with E-state index in [0.29, 0.717) is 23.5 Å². The molecule has 0 radical (unpaired) electrons. The van der Waals surface area contributed by atoms with Gasteiger partial charge in [-0.05, 0) is 120 Å². The Kier molecular flexibility index (Phi) is 12.1. The number of hydrogen-bond donors (Lipinski definition) is 0. The Morgan fingerprint density at radius 2 is 1.02 bits per heavy atom. The van der Waals surface area contributed by atoms with Gasteiger partial charge >= 0.3 is 12.4 Å². The van der Waals surface area contributed by atoms with Crippen molar-refractivity contribution in [2.45, 2.75) is 39.3 Å². The number of hydrogen-bond acceptors (Lipinski definition) is 5. The van der Waals surface area contributed by atoms with Crippen LogP contribution in [0.3, 0.4) is 0 Å². The maximum atomic E-state index is 13.4. The van der Waals surface area contributed by atoms with E-state index in [2.05, 4.69) is 57.8 Å². The molecule has 44 heavy (non-hydrogen) atoms. The Morgan fingerprint density at radius 3 is 1.36 bits per heavy atom. The van der Waals surface area contributed by atoms with Gasteiger partial charge in [-0.3, -0.25) is 0 Å². The van der Waals surface area contributed by atoms with Crippen molar-refractivity contribution < 1.29 is 35.8 Å². The highest BCUT2D eigenvalue weighted by Gasteiger charge is 2.37. The lowest BCUT2D eigenvalue weighted by Gasteiger charge is -2.26. The molecular formula is C30H26Br3F6N3O2. The summed E-state index contributed by atoms with van der Waals surface area (Å²) in [6.45, 7) is 3.75. The van der Waals surface area contributed by atoms with Crippen LogP contribution < -0.4 is 14.4 Å². The predicted molar refractivity (Wildman–Crippen MR) is 167 cm³/mol. The second kappa shape index (κ2) is 15.0. The maximum absolute atomic E-state index is 13.4. The minimum atomic E-state index is -4.48. The van der Waals surface area contributed by atoms with Crippen LogP contribution in [-0.4, -0.2) is 24.2 Å². The lowest BCUT2D eigenvalue weighted by molar-refractivity contribution is -0.139. The summed E-state index contributed by atoms with van der Waals surface area (Å²) in [5.74, 6) is 1.91. The van der Waals surface area contributed by atoms with Gasteiger partial charge in [0.15, 0.2) is 0 Å². The smallest absolute Gasteiger partial charge is 0.419 e. The van der Waals surface area contributed by atoms with Gasteiger partial charge in [-0.1, -0.05) is 24.3 Å². The number of aromatic nitrogens is 2. The first-order chi connectivity index (χ1) is 20.5. The third kappa shape index (κ3) is 9.58. The van der Waals surface area contributed by atoms with E-state index in [1.807, 2.05) is 53.4 Å². The molecule has 0 saturated carbocycles. The van der Waals surface area contributed by atoms with E-state index in [-0.39, 0.29) is 20.3 Å². The van der Waals surface area contributed by atoms with Crippen molar-refractivity contribution in [2.24, 2.45) is 0 Å². The molecule has 0 saturated heterocycles. The molecule has 2 aromatic carbocycles. The van der Waals surface area contributed by atoms with E-state index in [0.717, 1.165) is 22.6 Å². The van der Waals surface area contributed by atoms with Crippen molar-refractivity contribution in [3.8, 4) is 11.5 Å². The molecule has 0 unspecified atom stereocenters. The number of pyridine rings is 2. The number of nitrogens with zero attached hydrogens (tertiary/aromatic N) is 3. The van der Waals surface area contributed by atoms with Crippen molar-refractivity contribution in [2.75, 3.05) is 19.1 Å². The summed E-state index contributed by atoms with van der Waals surface area (Å²) < 4.78 is 87.6. The second-order valence-electron chi connectivity index (χ2n) is 9.44. The van der Waals surface area contributed by atoms with E-state index in [1.54, 1.807) is 14.2 Å². The third-order valence-electron chi connectivity index (χ3n) is 6.26. The highest BCUT2D eigenvalue weighted by molar-refractivity contribution is 9.11. The van der Waals surface area contributed by atoms with Crippen molar-refractivity contribution in [1.29, 1.82) is 0 Å². The summed E-state index contributed by atoms with van der Waals surface area (Å²) in [6.07, 6.45) is -8.85. The highest BCUT2D eigenvalue weighted by atomic mass is 79.9. The van der Waals surface area contributed by atoms with Crippen LogP contribution in [0.1, 0.15) is 33.4 Å². The highest BCUT2D eigenvalue weighted by Crippen LogP contribution is 2.39. The largest absolute Gasteiger partial charge is 0.497 e. The van der Waals surface area contributed by atoms with E-state index < -0.39 is 23.5 Å². The van der Waals surface area contributed by atoms with Crippen LogP contribution in [0.25, 0.3) is 0 Å². The summed E-state index contributed by atoms with van der Waals surface area (Å²) in [7, 11) is 3.19. The Labute approximate surface area is 276 Å². The van der Waals surface area contributed by atoms with E-state index in [4.69, 9.17) is 9.47 Å². The summed E-state index contributed by atoms with van der Waals surface area (Å²) >= 11 is 8.80. The van der Waals surface area contributed by atoms with Crippen LogP contribution in [0.4, 0.5) is 32.2 Å². The average molecular weight is 814 g/mol. The van der Waals surface area contributed by atoms with Gasteiger partial charge in [0.25, 0.3) is 0 Å². The molecule has 0 amide bonds. The van der Waals surface area contributed by atoms with Crippen LogP contribution in [0.2, 0.25) is 0 Å². The van der Waals surface area contributed by atoms with Gasteiger partial charge in [-0.2, -0.15) is 26.3 Å². The molecule has 0 aliphatic rings. The number of rotatable bonds is 7. The van der Waals surface area contributed by atoms with Crippen LogP contribution >= 0.6 is 47.8 Å². The number of benzene rings is 2. The zero-order valence-electron chi connectivity index (χ0n) is 23.7. The van der Waals surface area contributed by atoms with Crippen molar-refractivity contribution >= 4 is 53.6 Å². The monoisotopic (exact) mass is 811 g/mol. The minimum Gasteiger partial charge on any atom is -0.497 e. The molecule has 0 aliphatic carbocycles. The molecule has 0 aliphatic heterocycles. The first-order valence-electron chi connectivity index (χ1n) is 12.7. The number of aryl methyl sites for hydroxylation is 2. The molecule has 4 aromatic rings. The molecule has 14 heteroatoms. The molecule has 0 atom stereocenters. The summed E-state index contributed by atoms with van der Waals surface area (Å²) in [4.78, 5) is 9.78. The quantitative estimate of drug-likeness (QED) is 0.137. The molecule has 4 rings (SSSR count). The molecule has 5 nitrogen and oxygen atoms in total. The lowest BCUT2D eigenvalue weighted by atomic mass is 10.1. The maximum Gasteiger partial charge on any atom is 0.419 e. The number of methoxy groups -OCH3 is 2. The summed E-state index contributed by atoms with van der Waals surface area (Å²) in [5.41, 5.74) is 0.718. The normalized spacial score (nSPS) is 11.5. The van der Waals surface area contributed by atoms with E-state index >= 15 is 0 Å². The minimum absolute atomic E-state index is 0.110. The molecule has 0 fully saturated rings. The van der Waals surface area contributed by atoms with Gasteiger partial charge in [0.1, 0.15) is 31.1 Å². The number of anilines is 1. The van der Waals surface area contributed by atoms with Gasteiger partial charge in [0, 0.05) is 13.1 Å². The Morgan fingerprint density at radius 1 is 0.636 bits per heavy atom. The first kappa shape index (κ1) is 35.6. The predicted octanol–water partition coefficient (Wildman–Crippen LogP) is 10.3. The third-order valence-corrected chi connectivity index (χ3v) is 7.81. The van der Waals surface area contributed by atoms with E-state index in [1.165, 1.54) is 26.0 Å². The van der Waals surface area contributed by atoms with Crippen molar-refractivity contribution in [3.63, 3.8) is 0 Å². The molecule has 0 N–H and O–H groups in total. The van der Waals surface area contributed by atoms with Gasteiger partial charge in [0.2, 0.25) is 0 Å².